The van der Waals surface area contributed by atoms with Gasteiger partial charge in [0.05, 0.1) is 11.3 Å². The van der Waals surface area contributed by atoms with E-state index in [1.165, 1.54) is 5.56 Å². The maximum absolute atomic E-state index is 9.03. The summed E-state index contributed by atoms with van der Waals surface area (Å²) in [7, 11) is 0. The predicted molar refractivity (Wildman–Crippen MR) is 79.8 cm³/mol. The van der Waals surface area contributed by atoms with Gasteiger partial charge in [0.1, 0.15) is 6.07 Å². The summed E-state index contributed by atoms with van der Waals surface area (Å²) in [6.45, 7) is 0.748. The molecule has 0 aliphatic carbocycles. The molecular weight excluding hydrogens is 279 g/mol. The lowest BCUT2D eigenvalue weighted by molar-refractivity contribution is 1.02. The Morgan fingerprint density at radius 2 is 1.68 bits per heavy atom. The number of benzene rings is 2. The molecule has 0 fully saturated rings. The van der Waals surface area contributed by atoms with E-state index in [-0.39, 0.29) is 0 Å². The van der Waals surface area contributed by atoms with Gasteiger partial charge in [0.25, 0.3) is 0 Å². The summed E-state index contributed by atoms with van der Waals surface area (Å²) in [6, 6.07) is 15.1. The molecule has 2 aromatic carbocycles. The Bertz CT molecular complexity index is 601. The van der Waals surface area contributed by atoms with Gasteiger partial charge in [-0.2, -0.15) is 5.26 Å². The summed E-state index contributed by atoms with van der Waals surface area (Å²) in [6.07, 6.45) is 0.866. The first-order valence-corrected chi connectivity index (χ1v) is 6.62. The summed E-state index contributed by atoms with van der Waals surface area (Å²) < 4.78 is 0. The van der Waals surface area contributed by atoms with Gasteiger partial charge in [0, 0.05) is 16.6 Å². The summed E-state index contributed by atoms with van der Waals surface area (Å²) in [4.78, 5) is 0. The largest absolute Gasteiger partial charge is 0.384 e. The maximum atomic E-state index is 9.03. The normalized spacial score (nSPS) is 9.95. The van der Waals surface area contributed by atoms with Crippen molar-refractivity contribution >= 4 is 28.9 Å². The van der Waals surface area contributed by atoms with Gasteiger partial charge in [-0.05, 0) is 42.3 Å². The molecule has 19 heavy (non-hydrogen) atoms. The van der Waals surface area contributed by atoms with Crippen LogP contribution in [0.25, 0.3) is 0 Å². The molecule has 0 saturated heterocycles. The molecular formula is C15H12Cl2N2. The number of nitriles is 1. The highest BCUT2D eigenvalue weighted by molar-refractivity contribution is 6.31. The van der Waals surface area contributed by atoms with Gasteiger partial charge in [-0.3, -0.25) is 0 Å². The van der Waals surface area contributed by atoms with Crippen LogP contribution in [-0.2, 0) is 6.42 Å². The summed E-state index contributed by atoms with van der Waals surface area (Å²) in [5, 5.41) is 13.6. The van der Waals surface area contributed by atoms with Crippen molar-refractivity contribution in [2.75, 3.05) is 11.9 Å². The fraction of sp³-hybridized carbons (Fsp3) is 0.133. The SMILES string of the molecule is N#Cc1cc(Cl)ccc1NCCc1ccc(Cl)cc1. The van der Waals surface area contributed by atoms with Crippen LogP contribution in [0.15, 0.2) is 42.5 Å². The molecule has 0 unspecified atom stereocenters. The molecule has 0 amide bonds. The van der Waals surface area contributed by atoms with Crippen LogP contribution in [0.2, 0.25) is 10.0 Å². The van der Waals surface area contributed by atoms with E-state index < -0.39 is 0 Å². The van der Waals surface area contributed by atoms with Crippen LogP contribution in [-0.4, -0.2) is 6.54 Å². The zero-order valence-electron chi connectivity index (χ0n) is 10.2. The maximum Gasteiger partial charge on any atom is 0.101 e. The Morgan fingerprint density at radius 3 is 2.37 bits per heavy atom. The smallest absolute Gasteiger partial charge is 0.101 e. The van der Waals surface area contributed by atoms with Crippen molar-refractivity contribution in [2.24, 2.45) is 0 Å². The van der Waals surface area contributed by atoms with Crippen molar-refractivity contribution in [1.29, 1.82) is 5.26 Å². The third-order valence-electron chi connectivity index (χ3n) is 2.74. The lowest BCUT2D eigenvalue weighted by atomic mass is 10.1. The standard InChI is InChI=1S/C15H12Cl2N2/c16-13-3-1-11(2-4-13)7-8-19-15-6-5-14(17)9-12(15)10-18/h1-6,9,19H,7-8H2. The van der Waals surface area contributed by atoms with Gasteiger partial charge in [-0.1, -0.05) is 35.3 Å². The summed E-state index contributed by atoms with van der Waals surface area (Å²) >= 11 is 11.7. The van der Waals surface area contributed by atoms with E-state index in [0.717, 1.165) is 23.7 Å². The second-order valence-corrected chi connectivity index (χ2v) is 4.98. The van der Waals surface area contributed by atoms with Gasteiger partial charge in [-0.15, -0.1) is 0 Å². The fourth-order valence-corrected chi connectivity index (χ4v) is 2.05. The molecule has 0 heterocycles. The van der Waals surface area contributed by atoms with Crippen molar-refractivity contribution in [3.05, 3.63) is 63.6 Å². The van der Waals surface area contributed by atoms with Crippen LogP contribution in [0.5, 0.6) is 0 Å². The first-order valence-electron chi connectivity index (χ1n) is 5.87. The van der Waals surface area contributed by atoms with E-state index in [4.69, 9.17) is 28.5 Å². The topological polar surface area (TPSA) is 35.8 Å². The average Bonchev–Trinajstić information content (AvgIpc) is 2.42. The zero-order valence-corrected chi connectivity index (χ0v) is 11.7. The van der Waals surface area contributed by atoms with E-state index in [0.29, 0.717) is 10.6 Å². The van der Waals surface area contributed by atoms with Crippen LogP contribution in [0.3, 0.4) is 0 Å². The van der Waals surface area contributed by atoms with Crippen LogP contribution < -0.4 is 5.32 Å². The molecule has 0 radical (unpaired) electrons. The third-order valence-corrected chi connectivity index (χ3v) is 3.23. The molecule has 0 aromatic heterocycles. The first-order chi connectivity index (χ1) is 9.19. The summed E-state index contributed by atoms with van der Waals surface area (Å²) in [5.74, 6) is 0. The Kier molecular flexibility index (Phi) is 4.68. The van der Waals surface area contributed by atoms with Gasteiger partial charge < -0.3 is 5.32 Å². The monoisotopic (exact) mass is 290 g/mol. The van der Waals surface area contributed by atoms with Crippen LogP contribution in [0.4, 0.5) is 5.69 Å². The number of halogens is 2. The fourth-order valence-electron chi connectivity index (χ4n) is 1.76. The van der Waals surface area contributed by atoms with Gasteiger partial charge in [0.2, 0.25) is 0 Å². The lowest BCUT2D eigenvalue weighted by Crippen LogP contribution is -2.06. The predicted octanol–water partition coefficient (Wildman–Crippen LogP) is 4.52. The molecule has 1 N–H and O–H groups in total. The van der Waals surface area contributed by atoms with E-state index in [2.05, 4.69) is 11.4 Å². The molecule has 4 heteroatoms. The molecule has 0 saturated carbocycles. The number of nitrogens with one attached hydrogen (secondary N) is 1. The number of hydrogen-bond donors (Lipinski definition) is 1. The van der Waals surface area contributed by atoms with Crippen molar-refractivity contribution in [3.63, 3.8) is 0 Å². The molecule has 0 spiro atoms. The van der Waals surface area contributed by atoms with Crippen LogP contribution in [0.1, 0.15) is 11.1 Å². The first kappa shape index (κ1) is 13.7. The van der Waals surface area contributed by atoms with Crippen molar-refractivity contribution in [2.45, 2.75) is 6.42 Å². The Morgan fingerprint density at radius 1 is 1.00 bits per heavy atom. The second kappa shape index (κ2) is 6.47. The molecule has 2 nitrogen and oxygen atoms in total. The van der Waals surface area contributed by atoms with Gasteiger partial charge in [-0.25, -0.2) is 0 Å². The highest BCUT2D eigenvalue weighted by Crippen LogP contribution is 2.19. The molecule has 0 atom stereocenters. The highest BCUT2D eigenvalue weighted by atomic mass is 35.5. The minimum Gasteiger partial charge on any atom is -0.384 e. The molecule has 96 valence electrons. The second-order valence-electron chi connectivity index (χ2n) is 4.10. The number of rotatable bonds is 4. The number of hydrogen-bond acceptors (Lipinski definition) is 2. The Balaban J connectivity index is 1.96. The van der Waals surface area contributed by atoms with Crippen LogP contribution in [0, 0.1) is 11.3 Å². The Hall–Kier alpha value is -1.69. The van der Waals surface area contributed by atoms with Crippen molar-refractivity contribution < 1.29 is 0 Å². The Labute approximate surface area is 122 Å². The molecule has 0 aliphatic rings. The van der Waals surface area contributed by atoms with Gasteiger partial charge in [0.15, 0.2) is 0 Å². The molecule has 0 bridgehead atoms. The molecule has 2 rings (SSSR count). The third kappa shape index (κ3) is 3.89. The molecule has 0 aliphatic heterocycles. The van der Waals surface area contributed by atoms with Gasteiger partial charge >= 0.3 is 0 Å². The van der Waals surface area contributed by atoms with Crippen molar-refractivity contribution in [1.82, 2.24) is 0 Å². The van der Waals surface area contributed by atoms with E-state index in [1.807, 2.05) is 30.3 Å². The zero-order chi connectivity index (χ0) is 13.7. The van der Waals surface area contributed by atoms with E-state index in [1.54, 1.807) is 12.1 Å². The average molecular weight is 291 g/mol. The lowest BCUT2D eigenvalue weighted by Gasteiger charge is -2.08. The summed E-state index contributed by atoms with van der Waals surface area (Å²) in [5.41, 5.74) is 2.56. The number of anilines is 1. The minimum absolute atomic E-state index is 0.559. The van der Waals surface area contributed by atoms with E-state index in [9.17, 15) is 0 Å². The minimum atomic E-state index is 0.559. The quantitative estimate of drug-likeness (QED) is 0.899. The van der Waals surface area contributed by atoms with E-state index >= 15 is 0 Å². The van der Waals surface area contributed by atoms with Crippen LogP contribution >= 0.6 is 23.2 Å². The number of nitrogens with zero attached hydrogens (tertiary/aromatic N) is 1. The highest BCUT2D eigenvalue weighted by Gasteiger charge is 2.02. The molecule has 2 aromatic rings. The van der Waals surface area contributed by atoms with Crippen molar-refractivity contribution in [3.8, 4) is 6.07 Å².